The van der Waals surface area contributed by atoms with Crippen LogP contribution in [0.4, 0.5) is 5.69 Å². The number of hydrazone groups is 1. The number of carbonyl (C=O) groups excluding carboxylic acids is 1. The third kappa shape index (κ3) is 4.77. The van der Waals surface area contributed by atoms with Crippen molar-refractivity contribution in [2.75, 3.05) is 12.0 Å². The number of rotatable bonds is 6. The maximum Gasteiger partial charge on any atom is 0.338 e. The predicted molar refractivity (Wildman–Crippen MR) is 108 cm³/mol. The standard InChI is InChI=1S/C21H19ClN2O3/c1-3-26-21(25)16-6-4-5-15(11-16)20-10-9-18(27-20)13-23-24-17-8-7-14(2)19(22)12-17/h4-13,24H,3H2,1-2H3/b23-13+. The number of esters is 1. The van der Waals surface area contributed by atoms with Crippen LogP contribution >= 0.6 is 11.6 Å². The van der Waals surface area contributed by atoms with Crippen LogP contribution in [0.3, 0.4) is 0 Å². The SMILES string of the molecule is CCOC(=O)c1cccc(-c2ccc(/C=N/Nc3ccc(C)c(Cl)c3)o2)c1. The molecule has 3 aromatic rings. The number of anilines is 1. The van der Waals surface area contributed by atoms with Crippen LogP contribution in [0.5, 0.6) is 0 Å². The summed E-state index contributed by atoms with van der Waals surface area (Å²) in [5.74, 6) is 0.867. The summed E-state index contributed by atoms with van der Waals surface area (Å²) in [5.41, 5.74) is 5.98. The third-order valence-electron chi connectivity index (χ3n) is 3.84. The molecule has 138 valence electrons. The summed E-state index contributed by atoms with van der Waals surface area (Å²) in [6.07, 6.45) is 1.58. The number of hydrogen-bond donors (Lipinski definition) is 1. The first kappa shape index (κ1) is 18.7. The molecule has 0 saturated heterocycles. The molecule has 0 aliphatic carbocycles. The number of carbonyl (C=O) groups is 1. The molecule has 5 nitrogen and oxygen atoms in total. The zero-order valence-electron chi connectivity index (χ0n) is 15.0. The number of nitrogens with zero attached hydrogens (tertiary/aromatic N) is 1. The van der Waals surface area contributed by atoms with Crippen molar-refractivity contribution in [2.45, 2.75) is 13.8 Å². The summed E-state index contributed by atoms with van der Waals surface area (Å²) >= 11 is 6.09. The predicted octanol–water partition coefficient (Wildman–Crippen LogP) is 5.53. The number of nitrogens with one attached hydrogen (secondary N) is 1. The number of ether oxygens (including phenoxy) is 1. The average Bonchev–Trinajstić information content (AvgIpc) is 3.14. The summed E-state index contributed by atoms with van der Waals surface area (Å²) in [6, 6.07) is 16.4. The molecule has 0 aliphatic rings. The zero-order chi connectivity index (χ0) is 19.2. The third-order valence-corrected chi connectivity index (χ3v) is 4.25. The number of furan rings is 1. The van der Waals surface area contributed by atoms with Gasteiger partial charge in [-0.2, -0.15) is 5.10 Å². The maximum absolute atomic E-state index is 11.9. The number of aryl methyl sites for hydroxylation is 1. The van der Waals surface area contributed by atoms with Gasteiger partial charge in [-0.3, -0.25) is 5.43 Å². The molecular formula is C21H19ClN2O3. The summed E-state index contributed by atoms with van der Waals surface area (Å²) in [7, 11) is 0. The van der Waals surface area contributed by atoms with Gasteiger partial charge in [0.25, 0.3) is 0 Å². The first-order chi connectivity index (χ1) is 13.1. The molecule has 0 atom stereocenters. The van der Waals surface area contributed by atoms with E-state index in [-0.39, 0.29) is 5.97 Å². The molecule has 0 radical (unpaired) electrons. The van der Waals surface area contributed by atoms with Crippen LogP contribution < -0.4 is 5.43 Å². The van der Waals surface area contributed by atoms with E-state index in [2.05, 4.69) is 10.5 Å². The van der Waals surface area contributed by atoms with E-state index in [9.17, 15) is 4.79 Å². The molecular weight excluding hydrogens is 364 g/mol. The molecule has 27 heavy (non-hydrogen) atoms. The second-order valence-corrected chi connectivity index (χ2v) is 6.24. The van der Waals surface area contributed by atoms with E-state index in [1.807, 2.05) is 37.3 Å². The molecule has 0 spiro atoms. The Kier molecular flexibility index (Phi) is 5.94. The molecule has 0 saturated carbocycles. The Morgan fingerprint density at radius 2 is 2.07 bits per heavy atom. The van der Waals surface area contributed by atoms with Gasteiger partial charge in [-0.15, -0.1) is 0 Å². The Bertz CT molecular complexity index is 979. The Morgan fingerprint density at radius 1 is 1.22 bits per heavy atom. The molecule has 6 heteroatoms. The van der Waals surface area contributed by atoms with Crippen molar-refractivity contribution < 1.29 is 13.9 Å². The highest BCUT2D eigenvalue weighted by Gasteiger charge is 2.10. The van der Waals surface area contributed by atoms with Crippen molar-refractivity contribution in [3.05, 3.63) is 76.5 Å². The van der Waals surface area contributed by atoms with Gasteiger partial charge >= 0.3 is 5.97 Å². The Labute approximate surface area is 162 Å². The van der Waals surface area contributed by atoms with E-state index in [4.69, 9.17) is 20.8 Å². The smallest absolute Gasteiger partial charge is 0.338 e. The Hall–Kier alpha value is -3.05. The summed E-state index contributed by atoms with van der Waals surface area (Å²) in [5, 5.41) is 4.84. The largest absolute Gasteiger partial charge is 0.462 e. The zero-order valence-corrected chi connectivity index (χ0v) is 15.8. The molecule has 3 rings (SSSR count). The minimum absolute atomic E-state index is 0.337. The highest BCUT2D eigenvalue weighted by atomic mass is 35.5. The van der Waals surface area contributed by atoms with Gasteiger partial charge in [0.2, 0.25) is 0 Å². The fourth-order valence-corrected chi connectivity index (χ4v) is 2.60. The van der Waals surface area contributed by atoms with Gasteiger partial charge in [0, 0.05) is 10.6 Å². The molecule has 2 aromatic carbocycles. The molecule has 1 heterocycles. The molecule has 1 aromatic heterocycles. The van der Waals surface area contributed by atoms with Crippen LogP contribution in [0.15, 0.2) is 64.1 Å². The average molecular weight is 383 g/mol. The van der Waals surface area contributed by atoms with Crippen molar-refractivity contribution in [2.24, 2.45) is 5.10 Å². The molecule has 0 amide bonds. The van der Waals surface area contributed by atoms with Gasteiger partial charge in [-0.1, -0.05) is 29.8 Å². The molecule has 0 aliphatic heterocycles. The fraction of sp³-hybridized carbons (Fsp3) is 0.143. The number of halogens is 1. The van der Waals surface area contributed by atoms with Gasteiger partial charge in [0.1, 0.15) is 11.5 Å². The highest BCUT2D eigenvalue weighted by molar-refractivity contribution is 6.31. The molecule has 0 unspecified atom stereocenters. The summed E-state index contributed by atoms with van der Waals surface area (Å²) in [4.78, 5) is 11.9. The lowest BCUT2D eigenvalue weighted by Crippen LogP contribution is -2.04. The number of hydrogen-bond acceptors (Lipinski definition) is 5. The lowest BCUT2D eigenvalue weighted by Gasteiger charge is -2.03. The Balaban J connectivity index is 1.70. The van der Waals surface area contributed by atoms with Gasteiger partial charge in [-0.05, 0) is 55.8 Å². The van der Waals surface area contributed by atoms with Gasteiger partial charge in [0.15, 0.2) is 0 Å². The highest BCUT2D eigenvalue weighted by Crippen LogP contribution is 2.23. The van der Waals surface area contributed by atoms with E-state index >= 15 is 0 Å². The second kappa shape index (κ2) is 8.56. The maximum atomic E-state index is 11.9. The first-order valence-corrected chi connectivity index (χ1v) is 8.87. The van der Waals surface area contributed by atoms with Gasteiger partial charge in [-0.25, -0.2) is 4.79 Å². The molecule has 0 fully saturated rings. The fourth-order valence-electron chi connectivity index (χ4n) is 2.42. The summed E-state index contributed by atoms with van der Waals surface area (Å²) < 4.78 is 10.8. The van der Waals surface area contributed by atoms with Crippen molar-refractivity contribution in [1.82, 2.24) is 0 Å². The quantitative estimate of drug-likeness (QED) is 0.346. The minimum atomic E-state index is -0.353. The lowest BCUT2D eigenvalue weighted by atomic mass is 10.1. The van der Waals surface area contributed by atoms with Crippen molar-refractivity contribution >= 4 is 29.5 Å². The van der Waals surface area contributed by atoms with Crippen LogP contribution in [-0.2, 0) is 4.74 Å². The minimum Gasteiger partial charge on any atom is -0.462 e. The first-order valence-electron chi connectivity index (χ1n) is 8.49. The van der Waals surface area contributed by atoms with Crippen LogP contribution in [0, 0.1) is 6.92 Å². The van der Waals surface area contributed by atoms with Crippen molar-refractivity contribution in [3.8, 4) is 11.3 Å². The second-order valence-electron chi connectivity index (χ2n) is 5.84. The lowest BCUT2D eigenvalue weighted by molar-refractivity contribution is 0.0526. The molecule has 0 bridgehead atoms. The molecule has 1 N–H and O–H groups in total. The van der Waals surface area contributed by atoms with Crippen LogP contribution in [0.2, 0.25) is 5.02 Å². The van der Waals surface area contributed by atoms with Crippen LogP contribution in [0.25, 0.3) is 11.3 Å². The van der Waals surface area contributed by atoms with Gasteiger partial charge < -0.3 is 9.15 Å². The van der Waals surface area contributed by atoms with Gasteiger partial charge in [0.05, 0.1) is 24.1 Å². The van der Waals surface area contributed by atoms with E-state index in [0.29, 0.717) is 28.7 Å². The topological polar surface area (TPSA) is 63.8 Å². The summed E-state index contributed by atoms with van der Waals surface area (Å²) in [6.45, 7) is 4.05. The van der Waals surface area contributed by atoms with Crippen LogP contribution in [-0.4, -0.2) is 18.8 Å². The van der Waals surface area contributed by atoms with Crippen molar-refractivity contribution in [3.63, 3.8) is 0 Å². The van der Waals surface area contributed by atoms with E-state index in [1.165, 1.54) is 0 Å². The van der Waals surface area contributed by atoms with E-state index in [1.54, 1.807) is 37.4 Å². The number of benzene rings is 2. The van der Waals surface area contributed by atoms with E-state index in [0.717, 1.165) is 16.8 Å². The van der Waals surface area contributed by atoms with Crippen LogP contribution in [0.1, 0.15) is 28.6 Å². The normalized spacial score (nSPS) is 10.9. The Morgan fingerprint density at radius 3 is 2.85 bits per heavy atom. The van der Waals surface area contributed by atoms with E-state index < -0.39 is 0 Å². The van der Waals surface area contributed by atoms with Crippen molar-refractivity contribution in [1.29, 1.82) is 0 Å². The monoisotopic (exact) mass is 382 g/mol.